The van der Waals surface area contributed by atoms with Crippen molar-refractivity contribution in [2.24, 2.45) is 0 Å². The van der Waals surface area contributed by atoms with Gasteiger partial charge in [0.15, 0.2) is 0 Å². The summed E-state index contributed by atoms with van der Waals surface area (Å²) in [6.45, 7) is 2.07. The van der Waals surface area contributed by atoms with E-state index in [1.54, 1.807) is 17.4 Å². The highest BCUT2D eigenvalue weighted by Gasteiger charge is 2.24. The Bertz CT molecular complexity index is 465. The van der Waals surface area contributed by atoms with Gasteiger partial charge in [0.05, 0.1) is 0 Å². The van der Waals surface area contributed by atoms with E-state index in [9.17, 15) is 4.79 Å². The van der Waals surface area contributed by atoms with Crippen LogP contribution in [0.2, 0.25) is 0 Å². The second kappa shape index (κ2) is 7.57. The molecule has 1 saturated carbocycles. The van der Waals surface area contributed by atoms with Gasteiger partial charge in [0.1, 0.15) is 0 Å². The molecular formula is C15H21NO3S. The number of carboxylic acid groups (broad SMARTS) is 1. The highest BCUT2D eigenvalue weighted by atomic mass is 32.1. The molecule has 1 aromatic rings. The quantitative estimate of drug-likeness (QED) is 0.724. The van der Waals surface area contributed by atoms with Gasteiger partial charge in [0.2, 0.25) is 0 Å². The molecule has 2 rings (SSSR count). The molecule has 1 fully saturated rings. The molecular weight excluding hydrogens is 274 g/mol. The Hall–Kier alpha value is -1.17. The average molecular weight is 295 g/mol. The van der Waals surface area contributed by atoms with Gasteiger partial charge in [-0.05, 0) is 37.5 Å². The minimum Gasteiger partial charge on any atom is -0.478 e. The number of hydrogen-bond acceptors (Lipinski definition) is 4. The lowest BCUT2D eigenvalue weighted by atomic mass is 9.91. The molecule has 0 unspecified atom stereocenters. The van der Waals surface area contributed by atoms with Crippen LogP contribution in [0.1, 0.15) is 35.4 Å². The molecule has 0 atom stereocenters. The zero-order valence-electron chi connectivity index (χ0n) is 11.5. The monoisotopic (exact) mass is 295 g/mol. The first-order valence-electron chi connectivity index (χ1n) is 7.03. The molecule has 0 saturated heterocycles. The van der Waals surface area contributed by atoms with Gasteiger partial charge in [0, 0.05) is 41.6 Å². The van der Waals surface area contributed by atoms with E-state index in [0.29, 0.717) is 6.04 Å². The largest absolute Gasteiger partial charge is 0.478 e. The van der Waals surface area contributed by atoms with Gasteiger partial charge >= 0.3 is 5.97 Å². The second-order valence-electron chi connectivity index (χ2n) is 5.11. The summed E-state index contributed by atoms with van der Waals surface area (Å²) < 4.78 is 0. The number of carboxylic acids is 1. The molecule has 0 radical (unpaired) electrons. The van der Waals surface area contributed by atoms with Crippen LogP contribution in [0.3, 0.4) is 0 Å². The summed E-state index contributed by atoms with van der Waals surface area (Å²) in [5.74, 6) is -0.918. The molecule has 0 aromatic carbocycles. The SMILES string of the molecule is O=C(O)/C=C/c1ccc(CN(CCCO)C2CCC2)s1. The van der Waals surface area contributed by atoms with Crippen LogP contribution in [0.5, 0.6) is 0 Å². The van der Waals surface area contributed by atoms with Crippen LogP contribution in [0, 0.1) is 0 Å². The van der Waals surface area contributed by atoms with E-state index < -0.39 is 5.97 Å². The minimum absolute atomic E-state index is 0.236. The number of aliphatic hydroxyl groups excluding tert-OH is 1. The number of carbonyl (C=O) groups is 1. The smallest absolute Gasteiger partial charge is 0.328 e. The maximum absolute atomic E-state index is 10.5. The van der Waals surface area contributed by atoms with Crippen LogP contribution in [0.4, 0.5) is 0 Å². The molecule has 4 nitrogen and oxygen atoms in total. The molecule has 0 aliphatic heterocycles. The summed E-state index contributed by atoms with van der Waals surface area (Å²) in [5.41, 5.74) is 0. The summed E-state index contributed by atoms with van der Waals surface area (Å²) in [7, 11) is 0. The van der Waals surface area contributed by atoms with Crippen molar-refractivity contribution in [1.29, 1.82) is 0 Å². The summed E-state index contributed by atoms with van der Waals surface area (Å²) in [4.78, 5) is 15.2. The molecule has 1 aliphatic carbocycles. The van der Waals surface area contributed by atoms with Crippen LogP contribution < -0.4 is 0 Å². The summed E-state index contributed by atoms with van der Waals surface area (Å²) >= 11 is 1.63. The van der Waals surface area contributed by atoms with E-state index in [1.165, 1.54) is 30.2 Å². The average Bonchev–Trinajstić information content (AvgIpc) is 2.79. The van der Waals surface area contributed by atoms with E-state index >= 15 is 0 Å². The molecule has 1 aromatic heterocycles. The topological polar surface area (TPSA) is 60.8 Å². The second-order valence-corrected chi connectivity index (χ2v) is 6.31. The first kappa shape index (κ1) is 15.2. The van der Waals surface area contributed by atoms with Gasteiger partial charge in [-0.3, -0.25) is 4.90 Å². The van der Waals surface area contributed by atoms with Crippen molar-refractivity contribution in [1.82, 2.24) is 4.90 Å². The number of aliphatic carboxylic acids is 1. The number of rotatable bonds is 8. The standard InChI is InChI=1S/C15H21NO3S/c17-10-2-9-16(12-3-1-4-12)11-14-6-5-13(20-14)7-8-15(18)19/h5-8,12,17H,1-4,9-11H2,(H,18,19)/b8-7+. The number of nitrogens with zero attached hydrogens (tertiary/aromatic N) is 1. The molecule has 0 bridgehead atoms. The Kier molecular flexibility index (Phi) is 5.76. The van der Waals surface area contributed by atoms with Crippen molar-refractivity contribution in [2.75, 3.05) is 13.2 Å². The van der Waals surface area contributed by atoms with Crippen molar-refractivity contribution in [3.63, 3.8) is 0 Å². The van der Waals surface area contributed by atoms with Crippen molar-refractivity contribution >= 4 is 23.4 Å². The summed E-state index contributed by atoms with van der Waals surface area (Å²) in [6.07, 6.45) is 7.43. The molecule has 2 N–H and O–H groups in total. The van der Waals surface area contributed by atoms with Crippen LogP contribution in [-0.2, 0) is 11.3 Å². The van der Waals surface area contributed by atoms with Crippen LogP contribution in [-0.4, -0.2) is 40.3 Å². The fraction of sp³-hybridized carbons (Fsp3) is 0.533. The van der Waals surface area contributed by atoms with Gasteiger partial charge < -0.3 is 10.2 Å². The molecule has 20 heavy (non-hydrogen) atoms. The lowest BCUT2D eigenvalue weighted by Gasteiger charge is -2.37. The predicted molar refractivity (Wildman–Crippen MR) is 80.7 cm³/mol. The van der Waals surface area contributed by atoms with E-state index in [0.717, 1.165) is 24.4 Å². The highest BCUT2D eigenvalue weighted by Crippen LogP contribution is 2.28. The summed E-state index contributed by atoms with van der Waals surface area (Å²) in [6, 6.07) is 4.68. The zero-order valence-corrected chi connectivity index (χ0v) is 12.3. The Labute approximate surface area is 123 Å². The third kappa shape index (κ3) is 4.44. The van der Waals surface area contributed by atoms with Crippen molar-refractivity contribution in [3.8, 4) is 0 Å². The van der Waals surface area contributed by atoms with Gasteiger partial charge in [-0.1, -0.05) is 6.42 Å². The lowest BCUT2D eigenvalue weighted by molar-refractivity contribution is -0.131. The number of hydrogen-bond donors (Lipinski definition) is 2. The number of aliphatic hydroxyl groups is 1. The highest BCUT2D eigenvalue weighted by molar-refractivity contribution is 7.12. The third-order valence-electron chi connectivity index (χ3n) is 3.63. The first-order chi connectivity index (χ1) is 9.69. The van der Waals surface area contributed by atoms with Gasteiger partial charge in [-0.2, -0.15) is 0 Å². The summed E-state index contributed by atoms with van der Waals surface area (Å²) in [5, 5.41) is 17.6. The van der Waals surface area contributed by atoms with E-state index in [-0.39, 0.29) is 6.61 Å². The van der Waals surface area contributed by atoms with E-state index in [1.807, 2.05) is 6.07 Å². The van der Waals surface area contributed by atoms with Crippen molar-refractivity contribution in [2.45, 2.75) is 38.3 Å². The Balaban J connectivity index is 1.93. The predicted octanol–water partition coefficient (Wildman–Crippen LogP) is 2.58. The van der Waals surface area contributed by atoms with E-state index in [4.69, 9.17) is 10.2 Å². The minimum atomic E-state index is -0.918. The van der Waals surface area contributed by atoms with Crippen molar-refractivity contribution in [3.05, 3.63) is 28.0 Å². The maximum Gasteiger partial charge on any atom is 0.328 e. The Morgan fingerprint density at radius 1 is 1.45 bits per heavy atom. The van der Waals surface area contributed by atoms with Gasteiger partial charge in [0.25, 0.3) is 0 Å². The molecule has 0 spiro atoms. The zero-order chi connectivity index (χ0) is 14.4. The van der Waals surface area contributed by atoms with Crippen LogP contribution >= 0.6 is 11.3 Å². The Morgan fingerprint density at radius 2 is 2.25 bits per heavy atom. The first-order valence-corrected chi connectivity index (χ1v) is 7.85. The van der Waals surface area contributed by atoms with Crippen molar-refractivity contribution < 1.29 is 15.0 Å². The number of thiophene rings is 1. The molecule has 1 aliphatic rings. The van der Waals surface area contributed by atoms with Crippen LogP contribution in [0.15, 0.2) is 18.2 Å². The fourth-order valence-corrected chi connectivity index (χ4v) is 3.28. The molecule has 110 valence electrons. The Morgan fingerprint density at radius 3 is 2.85 bits per heavy atom. The third-order valence-corrected chi connectivity index (χ3v) is 4.66. The van der Waals surface area contributed by atoms with E-state index in [2.05, 4.69) is 11.0 Å². The fourth-order valence-electron chi connectivity index (χ4n) is 2.34. The van der Waals surface area contributed by atoms with Crippen LogP contribution in [0.25, 0.3) is 6.08 Å². The molecule has 5 heteroatoms. The lowest BCUT2D eigenvalue weighted by Crippen LogP contribution is -2.40. The maximum atomic E-state index is 10.5. The normalized spacial score (nSPS) is 15.9. The molecule has 0 amide bonds. The van der Waals surface area contributed by atoms with Gasteiger partial charge in [-0.15, -0.1) is 11.3 Å². The van der Waals surface area contributed by atoms with Gasteiger partial charge in [-0.25, -0.2) is 4.79 Å². The molecule has 1 heterocycles.